The van der Waals surface area contributed by atoms with Crippen LogP contribution in [0.4, 0.5) is 5.69 Å². The normalized spacial score (nSPS) is 11.4. The van der Waals surface area contributed by atoms with Crippen LogP contribution >= 0.6 is 34.5 Å². The SMILES string of the molecule is Cc1cc(S(=O)(=O)Nc2cc(Cl)cc(C(=O)O)c2)sc1Cl. The molecular formula is C12H9Cl2NO4S2. The van der Waals surface area contributed by atoms with Gasteiger partial charge in [0, 0.05) is 5.02 Å². The number of carboxylic acids is 1. The monoisotopic (exact) mass is 365 g/mol. The van der Waals surface area contributed by atoms with Gasteiger partial charge in [0.1, 0.15) is 4.21 Å². The molecule has 0 saturated carbocycles. The summed E-state index contributed by atoms with van der Waals surface area (Å²) in [6.45, 7) is 1.69. The van der Waals surface area contributed by atoms with Crippen LogP contribution in [0, 0.1) is 6.92 Å². The van der Waals surface area contributed by atoms with Gasteiger partial charge in [-0.1, -0.05) is 23.2 Å². The summed E-state index contributed by atoms with van der Waals surface area (Å²) < 4.78 is 27.1. The van der Waals surface area contributed by atoms with E-state index in [1.165, 1.54) is 24.3 Å². The molecule has 0 aliphatic heterocycles. The van der Waals surface area contributed by atoms with Gasteiger partial charge in [0.2, 0.25) is 0 Å². The van der Waals surface area contributed by atoms with E-state index in [9.17, 15) is 13.2 Å². The standard InChI is InChI=1S/C12H9Cl2NO4S2/c1-6-2-10(20-11(6)14)21(18,19)15-9-4-7(12(16)17)3-8(13)5-9/h2-5,15H,1H3,(H,16,17). The van der Waals surface area contributed by atoms with Crippen molar-refractivity contribution in [1.29, 1.82) is 0 Å². The molecule has 9 heteroatoms. The fourth-order valence-corrected chi connectivity index (χ4v) is 4.52. The van der Waals surface area contributed by atoms with E-state index < -0.39 is 16.0 Å². The van der Waals surface area contributed by atoms with E-state index in [-0.39, 0.29) is 20.5 Å². The predicted molar refractivity (Wildman–Crippen MR) is 83.3 cm³/mol. The maximum Gasteiger partial charge on any atom is 0.335 e. The molecule has 1 aromatic heterocycles. The van der Waals surface area contributed by atoms with E-state index in [0.717, 1.165) is 11.3 Å². The quantitative estimate of drug-likeness (QED) is 0.861. The van der Waals surface area contributed by atoms with Crippen LogP contribution in [-0.4, -0.2) is 19.5 Å². The van der Waals surface area contributed by atoms with Crippen molar-refractivity contribution in [2.45, 2.75) is 11.1 Å². The van der Waals surface area contributed by atoms with Crippen molar-refractivity contribution in [3.63, 3.8) is 0 Å². The summed E-state index contributed by atoms with van der Waals surface area (Å²) in [5.41, 5.74) is 0.613. The first kappa shape index (κ1) is 16.1. The van der Waals surface area contributed by atoms with Crippen LogP contribution in [-0.2, 0) is 10.0 Å². The van der Waals surface area contributed by atoms with E-state index in [4.69, 9.17) is 28.3 Å². The van der Waals surface area contributed by atoms with E-state index >= 15 is 0 Å². The maximum atomic E-state index is 12.2. The fourth-order valence-electron chi connectivity index (χ4n) is 1.54. The Labute approximate surface area is 135 Å². The number of carboxylic acid groups (broad SMARTS) is 1. The lowest BCUT2D eigenvalue weighted by Crippen LogP contribution is -2.12. The van der Waals surface area contributed by atoms with Crippen LogP contribution in [0.1, 0.15) is 15.9 Å². The van der Waals surface area contributed by atoms with E-state index in [0.29, 0.717) is 9.90 Å². The van der Waals surface area contributed by atoms with Gasteiger partial charge in [-0.05, 0) is 36.8 Å². The van der Waals surface area contributed by atoms with Crippen LogP contribution in [0.2, 0.25) is 9.36 Å². The highest BCUT2D eigenvalue weighted by atomic mass is 35.5. The number of aromatic carboxylic acids is 1. The molecule has 2 rings (SSSR count). The second kappa shape index (κ2) is 5.84. The highest BCUT2D eigenvalue weighted by Gasteiger charge is 2.19. The number of benzene rings is 1. The number of anilines is 1. The smallest absolute Gasteiger partial charge is 0.335 e. The van der Waals surface area contributed by atoms with Crippen molar-refractivity contribution < 1.29 is 18.3 Å². The van der Waals surface area contributed by atoms with Gasteiger partial charge < -0.3 is 5.11 Å². The molecular weight excluding hydrogens is 357 g/mol. The fraction of sp³-hybridized carbons (Fsp3) is 0.0833. The topological polar surface area (TPSA) is 83.5 Å². The first-order valence-corrected chi connectivity index (χ1v) is 8.57. The summed E-state index contributed by atoms with van der Waals surface area (Å²) in [7, 11) is -3.84. The van der Waals surface area contributed by atoms with Gasteiger partial charge in [-0.2, -0.15) is 0 Å². The summed E-state index contributed by atoms with van der Waals surface area (Å²) >= 11 is 12.6. The van der Waals surface area contributed by atoms with Crippen LogP contribution in [0.25, 0.3) is 0 Å². The number of aryl methyl sites for hydroxylation is 1. The van der Waals surface area contributed by atoms with Crippen molar-refractivity contribution in [3.8, 4) is 0 Å². The molecule has 0 radical (unpaired) electrons. The Morgan fingerprint density at radius 3 is 2.43 bits per heavy atom. The lowest BCUT2D eigenvalue weighted by Gasteiger charge is -2.07. The van der Waals surface area contributed by atoms with Crippen molar-refractivity contribution >= 4 is 56.2 Å². The van der Waals surface area contributed by atoms with E-state index in [1.54, 1.807) is 6.92 Å². The molecule has 21 heavy (non-hydrogen) atoms. The molecule has 0 aliphatic rings. The predicted octanol–water partition coefficient (Wildman–Crippen LogP) is 3.86. The third-order valence-electron chi connectivity index (χ3n) is 2.50. The molecule has 0 fully saturated rings. The Morgan fingerprint density at radius 2 is 1.90 bits per heavy atom. The van der Waals surface area contributed by atoms with Gasteiger partial charge >= 0.3 is 5.97 Å². The zero-order valence-electron chi connectivity index (χ0n) is 10.6. The Kier molecular flexibility index (Phi) is 4.48. The van der Waals surface area contributed by atoms with Crippen molar-refractivity contribution in [1.82, 2.24) is 0 Å². The second-order valence-electron chi connectivity index (χ2n) is 4.16. The van der Waals surface area contributed by atoms with Crippen LogP contribution in [0.15, 0.2) is 28.5 Å². The number of hydrogen-bond acceptors (Lipinski definition) is 4. The Balaban J connectivity index is 2.39. The van der Waals surface area contributed by atoms with Gasteiger partial charge in [0.25, 0.3) is 10.0 Å². The summed E-state index contributed by atoms with van der Waals surface area (Å²) in [5, 5.41) is 9.06. The lowest BCUT2D eigenvalue weighted by molar-refractivity contribution is 0.0697. The number of halogens is 2. The van der Waals surface area contributed by atoms with Crippen LogP contribution in [0.3, 0.4) is 0 Å². The summed E-state index contributed by atoms with van der Waals surface area (Å²) in [6.07, 6.45) is 0. The highest BCUT2D eigenvalue weighted by molar-refractivity contribution is 7.94. The molecule has 1 aromatic carbocycles. The van der Waals surface area contributed by atoms with Gasteiger partial charge in [-0.3, -0.25) is 4.72 Å². The second-order valence-corrected chi connectivity index (χ2v) is 8.16. The molecule has 0 bridgehead atoms. The minimum Gasteiger partial charge on any atom is -0.478 e. The Morgan fingerprint density at radius 1 is 1.24 bits per heavy atom. The Hall–Kier alpha value is -1.28. The molecule has 5 nitrogen and oxygen atoms in total. The highest BCUT2D eigenvalue weighted by Crippen LogP contribution is 2.31. The molecule has 0 aliphatic carbocycles. The minimum absolute atomic E-state index is 0.0434. The first-order valence-electron chi connectivity index (χ1n) is 5.51. The van der Waals surface area contributed by atoms with Crippen LogP contribution in [0.5, 0.6) is 0 Å². The molecule has 0 atom stereocenters. The molecule has 0 saturated heterocycles. The summed E-state index contributed by atoms with van der Waals surface area (Å²) in [6, 6.07) is 5.19. The number of sulfonamides is 1. The van der Waals surface area contributed by atoms with Gasteiger partial charge in [0.05, 0.1) is 15.6 Å². The number of thiophene rings is 1. The third kappa shape index (κ3) is 3.68. The Bertz CT molecular complexity index is 795. The molecule has 112 valence electrons. The number of carbonyl (C=O) groups is 1. The number of rotatable bonds is 4. The largest absolute Gasteiger partial charge is 0.478 e. The van der Waals surface area contributed by atoms with Crippen LogP contribution < -0.4 is 4.72 Å². The third-order valence-corrected chi connectivity index (χ3v) is 6.12. The molecule has 2 aromatic rings. The molecule has 0 unspecified atom stereocenters. The summed E-state index contributed by atoms with van der Waals surface area (Å²) in [4.78, 5) is 10.9. The first-order chi connectivity index (χ1) is 9.69. The van der Waals surface area contributed by atoms with Gasteiger partial charge in [-0.25, -0.2) is 13.2 Å². The average Bonchev–Trinajstić information content (AvgIpc) is 2.69. The van der Waals surface area contributed by atoms with Crippen molar-refractivity contribution in [2.24, 2.45) is 0 Å². The zero-order chi connectivity index (χ0) is 15.8. The maximum absolute atomic E-state index is 12.2. The van der Waals surface area contributed by atoms with E-state index in [2.05, 4.69) is 4.72 Å². The molecule has 0 spiro atoms. The zero-order valence-corrected chi connectivity index (χ0v) is 13.7. The lowest BCUT2D eigenvalue weighted by atomic mass is 10.2. The number of nitrogens with one attached hydrogen (secondary N) is 1. The molecule has 1 heterocycles. The van der Waals surface area contributed by atoms with Crippen molar-refractivity contribution in [2.75, 3.05) is 4.72 Å². The molecule has 2 N–H and O–H groups in total. The van der Waals surface area contributed by atoms with Gasteiger partial charge in [0.15, 0.2) is 0 Å². The van der Waals surface area contributed by atoms with Gasteiger partial charge in [-0.15, -0.1) is 11.3 Å². The number of hydrogen-bond donors (Lipinski definition) is 2. The minimum atomic E-state index is -3.84. The van der Waals surface area contributed by atoms with E-state index in [1.807, 2.05) is 0 Å². The summed E-state index contributed by atoms with van der Waals surface area (Å²) in [5.74, 6) is -1.20. The van der Waals surface area contributed by atoms with Crippen molar-refractivity contribution in [3.05, 3.63) is 44.8 Å². The average molecular weight is 366 g/mol. The molecule has 0 amide bonds.